The van der Waals surface area contributed by atoms with Crippen LogP contribution in [-0.4, -0.2) is 6.04 Å². The smallest absolute Gasteiger partial charge is 0.105 e. The minimum atomic E-state index is 0.165. The van der Waals surface area contributed by atoms with Crippen molar-refractivity contribution in [1.82, 2.24) is 5.43 Å². The molecular weight excluding hydrogens is 248 g/mol. The SMILES string of the molecule is CCC(C)C(c1ccccc1)C(Cc1ccco1)NN. The summed E-state index contributed by atoms with van der Waals surface area (Å²) < 4.78 is 5.47. The fourth-order valence-electron chi connectivity index (χ4n) is 2.82. The van der Waals surface area contributed by atoms with Gasteiger partial charge < -0.3 is 4.42 Å². The summed E-state index contributed by atoms with van der Waals surface area (Å²) in [5.41, 5.74) is 4.32. The highest BCUT2D eigenvalue weighted by atomic mass is 16.3. The van der Waals surface area contributed by atoms with Gasteiger partial charge in [-0.2, -0.15) is 0 Å². The van der Waals surface area contributed by atoms with Gasteiger partial charge in [0.15, 0.2) is 0 Å². The molecule has 1 aromatic heterocycles. The number of nitrogens with one attached hydrogen (secondary N) is 1. The molecule has 20 heavy (non-hydrogen) atoms. The lowest BCUT2D eigenvalue weighted by Gasteiger charge is -2.31. The molecule has 0 radical (unpaired) electrons. The lowest BCUT2D eigenvalue weighted by Crippen LogP contribution is -2.43. The summed E-state index contributed by atoms with van der Waals surface area (Å²) in [6.45, 7) is 4.51. The van der Waals surface area contributed by atoms with E-state index < -0.39 is 0 Å². The first kappa shape index (κ1) is 14.8. The predicted molar refractivity (Wildman–Crippen MR) is 82.2 cm³/mol. The molecule has 0 aliphatic rings. The highest BCUT2D eigenvalue weighted by Gasteiger charge is 2.27. The molecule has 3 heteroatoms. The minimum absolute atomic E-state index is 0.165. The maximum atomic E-state index is 5.83. The van der Waals surface area contributed by atoms with E-state index in [1.807, 2.05) is 12.1 Å². The van der Waals surface area contributed by atoms with Crippen molar-refractivity contribution >= 4 is 0 Å². The average molecular weight is 272 g/mol. The van der Waals surface area contributed by atoms with Crippen LogP contribution in [0.25, 0.3) is 0 Å². The van der Waals surface area contributed by atoms with Gasteiger partial charge in [0.2, 0.25) is 0 Å². The molecule has 0 amide bonds. The minimum Gasteiger partial charge on any atom is -0.469 e. The molecule has 0 aliphatic heterocycles. The van der Waals surface area contributed by atoms with E-state index in [9.17, 15) is 0 Å². The van der Waals surface area contributed by atoms with Crippen molar-refractivity contribution in [3.8, 4) is 0 Å². The van der Waals surface area contributed by atoms with Crippen LogP contribution in [0, 0.1) is 5.92 Å². The van der Waals surface area contributed by atoms with Crippen LogP contribution in [0.4, 0.5) is 0 Å². The van der Waals surface area contributed by atoms with E-state index in [1.54, 1.807) is 6.26 Å². The molecule has 3 atom stereocenters. The molecule has 2 rings (SSSR count). The third kappa shape index (κ3) is 3.50. The summed E-state index contributed by atoms with van der Waals surface area (Å²) in [4.78, 5) is 0. The fraction of sp³-hybridized carbons (Fsp3) is 0.412. The molecular formula is C17H24N2O. The number of hydrogen-bond acceptors (Lipinski definition) is 3. The van der Waals surface area contributed by atoms with E-state index in [0.29, 0.717) is 11.8 Å². The number of hydrogen-bond donors (Lipinski definition) is 2. The third-order valence-corrected chi connectivity index (χ3v) is 4.09. The van der Waals surface area contributed by atoms with Crippen LogP contribution in [0.15, 0.2) is 53.1 Å². The molecule has 3 nitrogen and oxygen atoms in total. The van der Waals surface area contributed by atoms with E-state index in [0.717, 1.165) is 18.6 Å². The highest BCUT2D eigenvalue weighted by molar-refractivity contribution is 5.23. The largest absolute Gasteiger partial charge is 0.469 e. The normalized spacial score (nSPS) is 15.8. The van der Waals surface area contributed by atoms with Crippen molar-refractivity contribution in [3.05, 3.63) is 60.1 Å². The summed E-state index contributed by atoms with van der Waals surface area (Å²) in [6.07, 6.45) is 3.63. The predicted octanol–water partition coefficient (Wildman–Crippen LogP) is 3.48. The van der Waals surface area contributed by atoms with Gasteiger partial charge in [-0.1, -0.05) is 50.6 Å². The van der Waals surface area contributed by atoms with Gasteiger partial charge in [0.25, 0.3) is 0 Å². The topological polar surface area (TPSA) is 51.2 Å². The van der Waals surface area contributed by atoms with Gasteiger partial charge in [0, 0.05) is 18.4 Å². The van der Waals surface area contributed by atoms with E-state index in [4.69, 9.17) is 10.3 Å². The summed E-state index contributed by atoms with van der Waals surface area (Å²) in [5.74, 6) is 7.72. The second-order valence-corrected chi connectivity index (χ2v) is 5.38. The Morgan fingerprint density at radius 3 is 2.45 bits per heavy atom. The Morgan fingerprint density at radius 2 is 1.90 bits per heavy atom. The van der Waals surface area contributed by atoms with E-state index >= 15 is 0 Å². The van der Waals surface area contributed by atoms with Crippen LogP contribution >= 0.6 is 0 Å². The second-order valence-electron chi connectivity index (χ2n) is 5.38. The number of benzene rings is 1. The standard InChI is InChI=1S/C17H24N2O/c1-3-13(2)17(14-8-5-4-6-9-14)16(19-18)12-15-10-7-11-20-15/h4-11,13,16-17,19H,3,12,18H2,1-2H3. The van der Waals surface area contributed by atoms with Gasteiger partial charge in [0.05, 0.1) is 6.26 Å². The number of rotatable bonds is 7. The van der Waals surface area contributed by atoms with Crippen LogP contribution in [0.3, 0.4) is 0 Å². The molecule has 0 fully saturated rings. The van der Waals surface area contributed by atoms with Crippen molar-refractivity contribution in [2.24, 2.45) is 11.8 Å². The van der Waals surface area contributed by atoms with Gasteiger partial charge in [0.1, 0.15) is 5.76 Å². The number of hydrazine groups is 1. The van der Waals surface area contributed by atoms with Crippen molar-refractivity contribution < 1.29 is 4.42 Å². The quantitative estimate of drug-likeness (QED) is 0.599. The Bertz CT molecular complexity index is 481. The first-order valence-corrected chi connectivity index (χ1v) is 7.29. The zero-order valence-electron chi connectivity index (χ0n) is 12.3. The van der Waals surface area contributed by atoms with Crippen LogP contribution in [0.1, 0.15) is 37.5 Å². The zero-order valence-corrected chi connectivity index (χ0v) is 12.3. The lowest BCUT2D eigenvalue weighted by atomic mass is 9.79. The van der Waals surface area contributed by atoms with Crippen LogP contribution in [-0.2, 0) is 6.42 Å². The maximum Gasteiger partial charge on any atom is 0.105 e. The van der Waals surface area contributed by atoms with Gasteiger partial charge in [-0.25, -0.2) is 0 Å². The Morgan fingerprint density at radius 1 is 1.15 bits per heavy atom. The maximum absolute atomic E-state index is 5.83. The Balaban J connectivity index is 2.24. The molecule has 0 spiro atoms. The highest BCUT2D eigenvalue weighted by Crippen LogP contribution is 2.31. The Kier molecular flexibility index (Phi) is 5.39. The van der Waals surface area contributed by atoms with Gasteiger partial charge in [-0.05, 0) is 23.6 Å². The molecule has 3 N–H and O–H groups in total. The molecule has 1 heterocycles. The lowest BCUT2D eigenvalue weighted by molar-refractivity contribution is 0.321. The monoisotopic (exact) mass is 272 g/mol. The van der Waals surface area contributed by atoms with Crippen LogP contribution in [0.5, 0.6) is 0 Å². The summed E-state index contributed by atoms with van der Waals surface area (Å²) in [6, 6.07) is 14.7. The van der Waals surface area contributed by atoms with Crippen molar-refractivity contribution in [2.45, 2.75) is 38.6 Å². The molecule has 0 bridgehead atoms. The average Bonchev–Trinajstić information content (AvgIpc) is 3.00. The van der Waals surface area contributed by atoms with E-state index in [-0.39, 0.29) is 6.04 Å². The van der Waals surface area contributed by atoms with E-state index in [1.165, 1.54) is 5.56 Å². The molecule has 0 saturated heterocycles. The van der Waals surface area contributed by atoms with E-state index in [2.05, 4.69) is 49.6 Å². The molecule has 108 valence electrons. The van der Waals surface area contributed by atoms with Crippen LogP contribution < -0.4 is 11.3 Å². The third-order valence-electron chi connectivity index (χ3n) is 4.09. The van der Waals surface area contributed by atoms with Crippen molar-refractivity contribution in [2.75, 3.05) is 0 Å². The molecule has 1 aromatic carbocycles. The van der Waals surface area contributed by atoms with Gasteiger partial charge in [-0.15, -0.1) is 0 Å². The first-order chi connectivity index (χ1) is 9.76. The Labute approximate surface area is 121 Å². The van der Waals surface area contributed by atoms with Crippen molar-refractivity contribution in [1.29, 1.82) is 0 Å². The number of nitrogens with two attached hydrogens (primary N) is 1. The molecule has 2 aromatic rings. The van der Waals surface area contributed by atoms with Crippen LogP contribution in [0.2, 0.25) is 0 Å². The fourth-order valence-corrected chi connectivity index (χ4v) is 2.82. The summed E-state index contributed by atoms with van der Waals surface area (Å²) in [7, 11) is 0. The summed E-state index contributed by atoms with van der Waals surface area (Å²) in [5, 5.41) is 0. The Hall–Kier alpha value is -1.58. The van der Waals surface area contributed by atoms with Crippen molar-refractivity contribution in [3.63, 3.8) is 0 Å². The molecule has 0 saturated carbocycles. The zero-order chi connectivity index (χ0) is 14.4. The number of furan rings is 1. The molecule has 3 unspecified atom stereocenters. The first-order valence-electron chi connectivity index (χ1n) is 7.29. The molecule has 0 aliphatic carbocycles. The van der Waals surface area contributed by atoms with Gasteiger partial charge >= 0.3 is 0 Å². The summed E-state index contributed by atoms with van der Waals surface area (Å²) >= 11 is 0. The second kappa shape index (κ2) is 7.27. The van der Waals surface area contributed by atoms with Gasteiger partial charge in [-0.3, -0.25) is 11.3 Å².